The van der Waals surface area contributed by atoms with Gasteiger partial charge in [-0.05, 0) is 45.4 Å². The molecule has 2 N–H and O–H groups in total. The van der Waals surface area contributed by atoms with E-state index in [1.807, 2.05) is 0 Å². The van der Waals surface area contributed by atoms with Crippen LogP contribution in [-0.2, 0) is 4.74 Å². The molecule has 0 bridgehead atoms. The summed E-state index contributed by atoms with van der Waals surface area (Å²) in [5, 5.41) is 12.9. The van der Waals surface area contributed by atoms with Gasteiger partial charge < -0.3 is 15.2 Å². The molecule has 1 aliphatic carbocycles. The number of amides is 1. The molecular formula is C13H25NO3. The zero-order valence-corrected chi connectivity index (χ0v) is 11.2. The van der Waals surface area contributed by atoms with Gasteiger partial charge in [-0.1, -0.05) is 13.3 Å². The zero-order valence-electron chi connectivity index (χ0n) is 11.2. The average Bonchev–Trinajstić information content (AvgIpc) is 2.27. The van der Waals surface area contributed by atoms with Crippen molar-refractivity contribution >= 4 is 6.09 Å². The second-order valence-corrected chi connectivity index (χ2v) is 5.38. The van der Waals surface area contributed by atoms with Crippen LogP contribution in [0.15, 0.2) is 0 Å². The number of carbonyl (C=O) groups is 1. The van der Waals surface area contributed by atoms with Crippen LogP contribution in [-0.4, -0.2) is 29.4 Å². The summed E-state index contributed by atoms with van der Waals surface area (Å²) >= 11 is 0. The fourth-order valence-electron chi connectivity index (χ4n) is 2.29. The van der Waals surface area contributed by atoms with E-state index in [1.165, 1.54) is 6.42 Å². The maximum absolute atomic E-state index is 11.3. The number of carbonyl (C=O) groups excluding carboxylic acids is 1. The van der Waals surface area contributed by atoms with Crippen LogP contribution in [0.4, 0.5) is 4.79 Å². The van der Waals surface area contributed by atoms with Crippen LogP contribution in [0.1, 0.15) is 52.9 Å². The summed E-state index contributed by atoms with van der Waals surface area (Å²) in [5.41, 5.74) is -0.734. The lowest BCUT2D eigenvalue weighted by molar-refractivity contribution is -0.00957. The fraction of sp³-hybridized carbons (Fsp3) is 0.923. The standard InChI is InChI=1S/C13H25NO3/c1-4-11-5-7-13(16,8-6-11)9-14-12(15)17-10(2)3/h10-11,16H,4-9H2,1-3H3,(H,14,15). The molecule has 0 aromatic heterocycles. The van der Waals surface area contributed by atoms with Crippen molar-refractivity contribution in [2.75, 3.05) is 6.54 Å². The topological polar surface area (TPSA) is 58.6 Å². The Balaban J connectivity index is 2.29. The number of ether oxygens (including phenoxy) is 1. The van der Waals surface area contributed by atoms with Crippen molar-refractivity contribution in [3.8, 4) is 0 Å². The molecule has 0 heterocycles. The van der Waals surface area contributed by atoms with E-state index < -0.39 is 11.7 Å². The zero-order chi connectivity index (χ0) is 12.9. The molecule has 1 amide bonds. The summed E-state index contributed by atoms with van der Waals surface area (Å²) in [4.78, 5) is 11.3. The van der Waals surface area contributed by atoms with Crippen LogP contribution in [0.2, 0.25) is 0 Å². The van der Waals surface area contributed by atoms with E-state index in [9.17, 15) is 9.90 Å². The highest BCUT2D eigenvalue weighted by molar-refractivity contribution is 5.67. The highest BCUT2D eigenvalue weighted by atomic mass is 16.6. The van der Waals surface area contributed by atoms with Crippen LogP contribution in [0.5, 0.6) is 0 Å². The minimum atomic E-state index is -0.734. The third-order valence-corrected chi connectivity index (χ3v) is 3.52. The van der Waals surface area contributed by atoms with E-state index >= 15 is 0 Å². The molecule has 1 aliphatic rings. The molecule has 100 valence electrons. The lowest BCUT2D eigenvalue weighted by Crippen LogP contribution is -2.45. The molecule has 0 unspecified atom stereocenters. The largest absolute Gasteiger partial charge is 0.447 e. The molecule has 4 heteroatoms. The molecule has 0 aliphatic heterocycles. The third-order valence-electron chi connectivity index (χ3n) is 3.52. The van der Waals surface area contributed by atoms with E-state index in [0.717, 1.165) is 31.6 Å². The third kappa shape index (κ3) is 4.94. The van der Waals surface area contributed by atoms with Gasteiger partial charge in [0.2, 0.25) is 0 Å². The summed E-state index contributed by atoms with van der Waals surface area (Å²) in [5.74, 6) is 0.734. The van der Waals surface area contributed by atoms with Crippen LogP contribution in [0, 0.1) is 5.92 Å². The molecule has 0 aromatic rings. The molecule has 0 saturated heterocycles. The summed E-state index contributed by atoms with van der Waals surface area (Å²) in [6, 6.07) is 0. The van der Waals surface area contributed by atoms with Gasteiger partial charge >= 0.3 is 6.09 Å². The summed E-state index contributed by atoms with van der Waals surface area (Å²) < 4.78 is 4.97. The van der Waals surface area contributed by atoms with Crippen molar-refractivity contribution < 1.29 is 14.6 Å². The molecule has 0 spiro atoms. The van der Waals surface area contributed by atoms with Crippen molar-refractivity contribution in [3.05, 3.63) is 0 Å². The Morgan fingerprint density at radius 2 is 2.06 bits per heavy atom. The van der Waals surface area contributed by atoms with Gasteiger partial charge in [0.1, 0.15) is 0 Å². The first-order valence-corrected chi connectivity index (χ1v) is 6.62. The molecular weight excluding hydrogens is 218 g/mol. The number of nitrogens with one attached hydrogen (secondary N) is 1. The van der Waals surface area contributed by atoms with E-state index in [1.54, 1.807) is 13.8 Å². The van der Waals surface area contributed by atoms with Crippen LogP contribution >= 0.6 is 0 Å². The van der Waals surface area contributed by atoms with Gasteiger partial charge in [0, 0.05) is 6.54 Å². The SMILES string of the molecule is CCC1CCC(O)(CNC(=O)OC(C)C)CC1. The second-order valence-electron chi connectivity index (χ2n) is 5.38. The number of alkyl carbamates (subject to hydrolysis) is 1. The van der Waals surface area contributed by atoms with Gasteiger partial charge in [-0.3, -0.25) is 0 Å². The second kappa shape index (κ2) is 6.24. The van der Waals surface area contributed by atoms with Gasteiger partial charge in [0.05, 0.1) is 11.7 Å². The van der Waals surface area contributed by atoms with Crippen molar-refractivity contribution in [2.24, 2.45) is 5.92 Å². The molecule has 0 radical (unpaired) electrons. The van der Waals surface area contributed by atoms with Crippen LogP contribution < -0.4 is 5.32 Å². The Kier molecular flexibility index (Phi) is 5.25. The predicted octanol–water partition coefficient (Wildman–Crippen LogP) is 2.45. The van der Waals surface area contributed by atoms with Gasteiger partial charge in [-0.15, -0.1) is 0 Å². The summed E-state index contributed by atoms with van der Waals surface area (Å²) in [6.07, 6.45) is 4.26. The smallest absolute Gasteiger partial charge is 0.407 e. The van der Waals surface area contributed by atoms with E-state index in [0.29, 0.717) is 6.54 Å². The molecule has 0 aromatic carbocycles. The van der Waals surface area contributed by atoms with Crippen molar-refractivity contribution in [2.45, 2.75) is 64.6 Å². The van der Waals surface area contributed by atoms with Crippen molar-refractivity contribution in [1.29, 1.82) is 0 Å². The number of rotatable bonds is 4. The van der Waals surface area contributed by atoms with E-state index in [-0.39, 0.29) is 6.10 Å². The lowest BCUT2D eigenvalue weighted by Gasteiger charge is -2.35. The first-order chi connectivity index (χ1) is 7.95. The number of hydrogen-bond donors (Lipinski definition) is 2. The van der Waals surface area contributed by atoms with Crippen molar-refractivity contribution in [3.63, 3.8) is 0 Å². The Morgan fingerprint density at radius 1 is 1.47 bits per heavy atom. The number of aliphatic hydroxyl groups is 1. The molecule has 1 saturated carbocycles. The first kappa shape index (κ1) is 14.3. The Morgan fingerprint density at radius 3 is 2.53 bits per heavy atom. The molecule has 17 heavy (non-hydrogen) atoms. The fourth-order valence-corrected chi connectivity index (χ4v) is 2.29. The number of hydrogen-bond acceptors (Lipinski definition) is 3. The normalized spacial score (nSPS) is 29.1. The average molecular weight is 243 g/mol. The summed E-state index contributed by atoms with van der Waals surface area (Å²) in [6.45, 7) is 6.10. The maximum Gasteiger partial charge on any atom is 0.407 e. The predicted molar refractivity (Wildman–Crippen MR) is 66.8 cm³/mol. The Bertz CT molecular complexity index is 245. The van der Waals surface area contributed by atoms with Crippen molar-refractivity contribution in [1.82, 2.24) is 5.32 Å². The highest BCUT2D eigenvalue weighted by Gasteiger charge is 2.33. The highest BCUT2D eigenvalue weighted by Crippen LogP contribution is 2.33. The van der Waals surface area contributed by atoms with Gasteiger partial charge in [-0.2, -0.15) is 0 Å². The quantitative estimate of drug-likeness (QED) is 0.797. The van der Waals surface area contributed by atoms with Gasteiger partial charge in [-0.25, -0.2) is 4.79 Å². The molecule has 0 atom stereocenters. The minimum absolute atomic E-state index is 0.125. The van der Waals surface area contributed by atoms with Crippen LogP contribution in [0.3, 0.4) is 0 Å². The Labute approximate surface area is 104 Å². The molecule has 1 fully saturated rings. The molecule has 1 rings (SSSR count). The molecule has 4 nitrogen and oxygen atoms in total. The Hall–Kier alpha value is -0.770. The lowest BCUT2D eigenvalue weighted by atomic mass is 9.78. The van der Waals surface area contributed by atoms with E-state index in [2.05, 4.69) is 12.2 Å². The van der Waals surface area contributed by atoms with Gasteiger partial charge in [0.25, 0.3) is 0 Å². The first-order valence-electron chi connectivity index (χ1n) is 6.62. The van der Waals surface area contributed by atoms with E-state index in [4.69, 9.17) is 4.74 Å². The monoisotopic (exact) mass is 243 g/mol. The van der Waals surface area contributed by atoms with Crippen LogP contribution in [0.25, 0.3) is 0 Å². The maximum atomic E-state index is 11.3. The van der Waals surface area contributed by atoms with Gasteiger partial charge in [0.15, 0.2) is 0 Å². The summed E-state index contributed by atoms with van der Waals surface area (Å²) in [7, 11) is 0. The minimum Gasteiger partial charge on any atom is -0.447 e.